The van der Waals surface area contributed by atoms with Gasteiger partial charge in [-0.2, -0.15) is 0 Å². The van der Waals surface area contributed by atoms with Crippen molar-refractivity contribution in [2.24, 2.45) is 0 Å². The van der Waals surface area contributed by atoms with Gasteiger partial charge in [0.25, 0.3) is 0 Å². The number of hydrogen-bond acceptors (Lipinski definition) is 0. The first-order chi connectivity index (χ1) is 9.23. The zero-order valence-corrected chi connectivity index (χ0v) is 13.0. The van der Waals surface area contributed by atoms with Gasteiger partial charge in [0.05, 0.1) is 0 Å². The van der Waals surface area contributed by atoms with Gasteiger partial charge in [0, 0.05) is 6.42 Å². The SMILES string of the molecule is CCCCCCCCCP(CF)C1(F)C=CC=CC1. The molecule has 110 valence electrons. The molecule has 0 radical (unpaired) electrons. The fourth-order valence-corrected chi connectivity index (χ4v) is 4.38. The van der Waals surface area contributed by atoms with E-state index in [1.807, 2.05) is 12.2 Å². The maximum Gasteiger partial charge on any atom is 0.153 e. The van der Waals surface area contributed by atoms with Crippen molar-refractivity contribution in [2.45, 2.75) is 63.7 Å². The highest BCUT2D eigenvalue weighted by atomic mass is 31.1. The summed E-state index contributed by atoms with van der Waals surface area (Å²) in [4.78, 5) is 0. The maximum atomic E-state index is 14.6. The van der Waals surface area contributed by atoms with Crippen LogP contribution in [0.2, 0.25) is 0 Å². The molecule has 0 N–H and O–H groups in total. The Morgan fingerprint density at radius 3 is 2.32 bits per heavy atom. The van der Waals surface area contributed by atoms with Gasteiger partial charge < -0.3 is 0 Å². The van der Waals surface area contributed by atoms with Crippen molar-refractivity contribution in [1.29, 1.82) is 0 Å². The summed E-state index contributed by atoms with van der Waals surface area (Å²) < 4.78 is 27.7. The van der Waals surface area contributed by atoms with E-state index < -0.39 is 19.7 Å². The van der Waals surface area contributed by atoms with Crippen molar-refractivity contribution in [3.63, 3.8) is 0 Å². The molecule has 1 rings (SSSR count). The Morgan fingerprint density at radius 1 is 1.05 bits per heavy atom. The topological polar surface area (TPSA) is 0 Å². The molecule has 0 heterocycles. The van der Waals surface area contributed by atoms with Gasteiger partial charge in [-0.05, 0) is 26.6 Å². The molecular formula is C16H27F2P. The first-order valence-electron chi connectivity index (χ1n) is 7.57. The number of unbranched alkanes of at least 4 members (excludes halogenated alkanes) is 6. The summed E-state index contributed by atoms with van der Waals surface area (Å²) in [7, 11) is -1.16. The Balaban J connectivity index is 2.18. The monoisotopic (exact) mass is 288 g/mol. The molecular weight excluding hydrogens is 261 g/mol. The molecule has 2 unspecified atom stereocenters. The number of hydrogen-bond donors (Lipinski definition) is 0. The van der Waals surface area contributed by atoms with Crippen LogP contribution >= 0.6 is 7.92 Å². The highest BCUT2D eigenvalue weighted by Gasteiger charge is 2.35. The predicted molar refractivity (Wildman–Crippen MR) is 82.5 cm³/mol. The highest BCUT2D eigenvalue weighted by Crippen LogP contribution is 2.55. The minimum Gasteiger partial charge on any atom is -0.246 e. The van der Waals surface area contributed by atoms with Gasteiger partial charge in [-0.15, -0.1) is 0 Å². The van der Waals surface area contributed by atoms with Gasteiger partial charge >= 0.3 is 0 Å². The number of alkyl halides is 2. The molecule has 0 fully saturated rings. The van der Waals surface area contributed by atoms with Crippen LogP contribution in [0.1, 0.15) is 58.3 Å². The largest absolute Gasteiger partial charge is 0.246 e. The lowest BCUT2D eigenvalue weighted by molar-refractivity contribution is 0.343. The van der Waals surface area contributed by atoms with E-state index in [4.69, 9.17) is 0 Å². The molecule has 0 aromatic heterocycles. The Morgan fingerprint density at radius 2 is 1.74 bits per heavy atom. The molecule has 0 saturated carbocycles. The van der Waals surface area contributed by atoms with Crippen LogP contribution in [0.4, 0.5) is 8.78 Å². The van der Waals surface area contributed by atoms with E-state index in [2.05, 4.69) is 6.92 Å². The summed E-state index contributed by atoms with van der Waals surface area (Å²) in [5.41, 5.74) is 0. The van der Waals surface area contributed by atoms with Crippen LogP contribution in [-0.2, 0) is 0 Å². The molecule has 0 saturated heterocycles. The quantitative estimate of drug-likeness (QED) is 0.325. The summed E-state index contributed by atoms with van der Waals surface area (Å²) >= 11 is 0. The van der Waals surface area contributed by atoms with Crippen LogP contribution in [-0.4, -0.2) is 18.0 Å². The average molecular weight is 288 g/mol. The third-order valence-electron chi connectivity index (χ3n) is 3.70. The molecule has 3 heteroatoms. The summed E-state index contributed by atoms with van der Waals surface area (Å²) in [5.74, 6) is 0. The summed E-state index contributed by atoms with van der Waals surface area (Å²) in [6, 6.07) is 0. The normalized spacial score (nSPS) is 23.7. The van der Waals surface area contributed by atoms with Gasteiger partial charge in [-0.25, -0.2) is 8.78 Å². The third-order valence-corrected chi connectivity index (χ3v) is 6.23. The lowest BCUT2D eigenvalue weighted by Crippen LogP contribution is -2.20. The first-order valence-corrected chi connectivity index (χ1v) is 9.28. The Hall–Kier alpha value is -0.230. The summed E-state index contributed by atoms with van der Waals surface area (Å²) in [6.45, 7) is 2.21. The van der Waals surface area contributed by atoms with E-state index in [1.165, 1.54) is 32.1 Å². The van der Waals surface area contributed by atoms with E-state index in [-0.39, 0.29) is 0 Å². The Bertz CT molecular complexity index is 288. The maximum absolute atomic E-state index is 14.6. The zero-order chi connectivity index (χ0) is 14.0. The fourth-order valence-electron chi connectivity index (χ4n) is 2.42. The average Bonchev–Trinajstić information content (AvgIpc) is 2.42. The third kappa shape index (κ3) is 6.17. The van der Waals surface area contributed by atoms with Gasteiger partial charge in [-0.1, -0.05) is 63.7 Å². The number of rotatable bonds is 10. The van der Waals surface area contributed by atoms with E-state index in [9.17, 15) is 8.78 Å². The Labute approximate surface area is 118 Å². The molecule has 0 aliphatic heterocycles. The number of halogens is 2. The van der Waals surface area contributed by atoms with E-state index in [1.54, 1.807) is 12.2 Å². The van der Waals surface area contributed by atoms with Crippen LogP contribution in [0.25, 0.3) is 0 Å². The van der Waals surface area contributed by atoms with E-state index >= 15 is 0 Å². The van der Waals surface area contributed by atoms with Crippen LogP contribution < -0.4 is 0 Å². The van der Waals surface area contributed by atoms with E-state index in [0.717, 1.165) is 19.0 Å². The standard InChI is InChI=1S/C16H27F2P/c1-2-3-4-5-6-7-11-14-19(15-17)16(18)12-9-8-10-13-16/h8-10,12H,2-7,11,13-15H2,1H3. The molecule has 2 atom stereocenters. The van der Waals surface area contributed by atoms with Crippen LogP contribution in [0.3, 0.4) is 0 Å². The molecule has 0 bridgehead atoms. The summed E-state index contributed by atoms with van der Waals surface area (Å²) in [6.07, 6.45) is 16.0. The fraction of sp³-hybridized carbons (Fsp3) is 0.750. The number of allylic oxidation sites excluding steroid dienone is 4. The minimum absolute atomic E-state index is 0.357. The highest BCUT2D eigenvalue weighted by molar-refractivity contribution is 7.59. The van der Waals surface area contributed by atoms with Crippen LogP contribution in [0.15, 0.2) is 24.3 Å². The molecule has 1 aliphatic carbocycles. The second-order valence-corrected chi connectivity index (χ2v) is 7.82. The molecule has 0 aromatic rings. The smallest absolute Gasteiger partial charge is 0.153 e. The van der Waals surface area contributed by atoms with Gasteiger partial charge in [-0.3, -0.25) is 0 Å². The lowest BCUT2D eigenvalue weighted by Gasteiger charge is -2.30. The summed E-state index contributed by atoms with van der Waals surface area (Å²) in [5, 5.41) is -1.39. The van der Waals surface area contributed by atoms with Crippen molar-refractivity contribution >= 4 is 7.92 Å². The second-order valence-electron chi connectivity index (χ2n) is 5.31. The molecule has 1 aliphatic rings. The molecule has 0 spiro atoms. The van der Waals surface area contributed by atoms with Crippen molar-refractivity contribution in [2.75, 3.05) is 12.6 Å². The minimum atomic E-state index is -1.39. The van der Waals surface area contributed by atoms with Gasteiger partial charge in [0.2, 0.25) is 0 Å². The Kier molecular flexibility index (Phi) is 8.53. The van der Waals surface area contributed by atoms with Crippen molar-refractivity contribution in [3.05, 3.63) is 24.3 Å². The van der Waals surface area contributed by atoms with Gasteiger partial charge in [0.1, 0.15) is 6.42 Å². The lowest BCUT2D eigenvalue weighted by atomic mass is 10.1. The molecule has 19 heavy (non-hydrogen) atoms. The van der Waals surface area contributed by atoms with Crippen molar-refractivity contribution < 1.29 is 8.78 Å². The van der Waals surface area contributed by atoms with Gasteiger partial charge in [0.15, 0.2) is 5.41 Å². The van der Waals surface area contributed by atoms with E-state index in [0.29, 0.717) is 6.42 Å². The van der Waals surface area contributed by atoms with Crippen molar-refractivity contribution in [3.8, 4) is 0 Å². The molecule has 0 amide bonds. The van der Waals surface area contributed by atoms with Crippen molar-refractivity contribution in [1.82, 2.24) is 0 Å². The predicted octanol–water partition coefficient (Wildman–Crippen LogP) is 6.33. The molecule has 0 nitrogen and oxygen atoms in total. The zero-order valence-electron chi connectivity index (χ0n) is 12.1. The second kappa shape index (κ2) is 9.64. The first kappa shape index (κ1) is 16.8. The van der Waals surface area contributed by atoms with Crippen LogP contribution in [0.5, 0.6) is 0 Å². The van der Waals surface area contributed by atoms with Crippen LogP contribution in [0, 0.1) is 0 Å². The molecule has 0 aromatic carbocycles.